The second kappa shape index (κ2) is 8.41. The highest BCUT2D eigenvalue weighted by Crippen LogP contribution is 2.25. The number of benzene rings is 1. The minimum Gasteiger partial charge on any atom is -0.398 e. The third-order valence-electron chi connectivity index (χ3n) is 3.08. The normalized spacial score (nSPS) is 10.1. The third kappa shape index (κ3) is 4.23. The lowest BCUT2D eigenvalue weighted by molar-refractivity contribution is 0.827. The van der Waals surface area contributed by atoms with Crippen LogP contribution in [0, 0.1) is 0 Å². The Hall–Kier alpha value is -0.690. The number of halogens is 1. The van der Waals surface area contributed by atoms with E-state index in [1.807, 2.05) is 0 Å². The van der Waals surface area contributed by atoms with Crippen molar-refractivity contribution in [1.82, 2.24) is 0 Å². The first-order valence-corrected chi connectivity index (χ1v) is 6.63. The van der Waals surface area contributed by atoms with E-state index in [1.165, 1.54) is 48.8 Å². The number of nitrogen functional groups attached to an aromatic ring is 1. The molecule has 2 N–H and O–H groups in total. The van der Waals surface area contributed by atoms with Crippen LogP contribution in [0.25, 0.3) is 0 Å². The van der Waals surface area contributed by atoms with E-state index in [2.05, 4.69) is 32.9 Å². The molecule has 0 aliphatic rings. The molecular formula is C15H26ClN. The van der Waals surface area contributed by atoms with Crippen LogP contribution in [-0.2, 0) is 19.3 Å². The van der Waals surface area contributed by atoms with Crippen LogP contribution in [0.2, 0.25) is 0 Å². The zero-order chi connectivity index (χ0) is 12.0. The molecule has 1 aromatic rings. The van der Waals surface area contributed by atoms with Gasteiger partial charge in [-0.3, -0.25) is 0 Å². The number of hydrogen-bond acceptors (Lipinski definition) is 1. The molecule has 0 spiro atoms. The zero-order valence-electron chi connectivity index (χ0n) is 11.4. The van der Waals surface area contributed by atoms with Gasteiger partial charge in [0.05, 0.1) is 0 Å². The fraction of sp³-hybridized carbons (Fsp3) is 0.600. The fourth-order valence-electron chi connectivity index (χ4n) is 2.37. The summed E-state index contributed by atoms with van der Waals surface area (Å²) in [6.07, 6.45) is 7.08. The summed E-state index contributed by atoms with van der Waals surface area (Å²) in [5.74, 6) is 0. The number of anilines is 1. The van der Waals surface area contributed by atoms with Crippen molar-refractivity contribution in [2.45, 2.75) is 59.3 Å². The average molecular weight is 256 g/mol. The largest absolute Gasteiger partial charge is 0.398 e. The van der Waals surface area contributed by atoms with Gasteiger partial charge < -0.3 is 5.73 Å². The molecule has 0 saturated heterocycles. The zero-order valence-corrected chi connectivity index (χ0v) is 12.2. The fourth-order valence-corrected chi connectivity index (χ4v) is 2.37. The molecule has 1 aromatic carbocycles. The summed E-state index contributed by atoms with van der Waals surface area (Å²) in [6.45, 7) is 6.71. The summed E-state index contributed by atoms with van der Waals surface area (Å²) in [5.41, 5.74) is 11.6. The van der Waals surface area contributed by atoms with Gasteiger partial charge in [0.15, 0.2) is 0 Å². The van der Waals surface area contributed by atoms with Crippen molar-refractivity contribution in [2.75, 3.05) is 5.73 Å². The van der Waals surface area contributed by atoms with Crippen LogP contribution in [0.4, 0.5) is 5.69 Å². The Bertz CT molecular complexity index is 334. The highest BCUT2D eigenvalue weighted by Gasteiger charge is 2.09. The summed E-state index contributed by atoms with van der Waals surface area (Å²) < 4.78 is 0. The number of aryl methyl sites for hydroxylation is 1. The minimum absolute atomic E-state index is 0. The maximum atomic E-state index is 6.10. The summed E-state index contributed by atoms with van der Waals surface area (Å²) in [4.78, 5) is 0. The van der Waals surface area contributed by atoms with E-state index in [-0.39, 0.29) is 12.4 Å². The van der Waals surface area contributed by atoms with Gasteiger partial charge in [0.2, 0.25) is 0 Å². The molecule has 1 rings (SSSR count). The molecule has 0 fully saturated rings. The Morgan fingerprint density at radius 2 is 1.35 bits per heavy atom. The predicted molar refractivity (Wildman–Crippen MR) is 80.1 cm³/mol. The molecule has 0 aromatic heterocycles. The molecule has 0 bridgehead atoms. The van der Waals surface area contributed by atoms with Gasteiger partial charge in [0.1, 0.15) is 0 Å². The van der Waals surface area contributed by atoms with Crippen molar-refractivity contribution in [1.29, 1.82) is 0 Å². The number of rotatable bonds is 6. The molecule has 98 valence electrons. The Morgan fingerprint density at radius 3 is 1.88 bits per heavy atom. The van der Waals surface area contributed by atoms with Crippen LogP contribution in [0.5, 0.6) is 0 Å². The van der Waals surface area contributed by atoms with Crippen LogP contribution in [0.3, 0.4) is 0 Å². The lowest BCUT2D eigenvalue weighted by atomic mass is 9.91. The van der Waals surface area contributed by atoms with E-state index in [0.29, 0.717) is 0 Å². The van der Waals surface area contributed by atoms with E-state index < -0.39 is 0 Å². The minimum atomic E-state index is 0. The van der Waals surface area contributed by atoms with Crippen molar-refractivity contribution < 1.29 is 0 Å². The quantitative estimate of drug-likeness (QED) is 0.742. The Kier molecular flexibility index (Phi) is 8.07. The van der Waals surface area contributed by atoms with Crippen LogP contribution in [0.1, 0.15) is 56.7 Å². The highest BCUT2D eigenvalue weighted by molar-refractivity contribution is 5.85. The Balaban J connectivity index is 0.00000256. The van der Waals surface area contributed by atoms with E-state index in [0.717, 1.165) is 12.1 Å². The van der Waals surface area contributed by atoms with Gasteiger partial charge in [-0.1, -0.05) is 46.1 Å². The molecule has 0 atom stereocenters. The summed E-state index contributed by atoms with van der Waals surface area (Å²) in [5, 5.41) is 0. The first-order valence-electron chi connectivity index (χ1n) is 6.63. The van der Waals surface area contributed by atoms with Gasteiger partial charge >= 0.3 is 0 Å². The Morgan fingerprint density at radius 1 is 0.824 bits per heavy atom. The summed E-state index contributed by atoms with van der Waals surface area (Å²) >= 11 is 0. The highest BCUT2D eigenvalue weighted by atomic mass is 35.5. The molecule has 17 heavy (non-hydrogen) atoms. The summed E-state index contributed by atoms with van der Waals surface area (Å²) in [6, 6.07) is 4.32. The van der Waals surface area contributed by atoms with Crippen molar-refractivity contribution in [3.05, 3.63) is 28.8 Å². The van der Waals surface area contributed by atoms with Crippen molar-refractivity contribution in [2.24, 2.45) is 0 Å². The maximum absolute atomic E-state index is 6.10. The molecule has 0 heterocycles. The van der Waals surface area contributed by atoms with Gasteiger partial charge in [-0.25, -0.2) is 0 Å². The monoisotopic (exact) mass is 255 g/mol. The van der Waals surface area contributed by atoms with Crippen molar-refractivity contribution in [3.63, 3.8) is 0 Å². The van der Waals surface area contributed by atoms with Crippen LogP contribution in [0.15, 0.2) is 12.1 Å². The first-order chi connectivity index (χ1) is 7.74. The van der Waals surface area contributed by atoms with Crippen LogP contribution >= 0.6 is 12.4 Å². The third-order valence-corrected chi connectivity index (χ3v) is 3.08. The van der Waals surface area contributed by atoms with E-state index in [9.17, 15) is 0 Å². The van der Waals surface area contributed by atoms with Gasteiger partial charge in [0, 0.05) is 5.69 Å². The van der Waals surface area contributed by atoms with E-state index >= 15 is 0 Å². The topological polar surface area (TPSA) is 26.0 Å². The van der Waals surface area contributed by atoms with Crippen LogP contribution in [-0.4, -0.2) is 0 Å². The molecule has 2 heteroatoms. The second-order valence-corrected chi connectivity index (χ2v) is 4.52. The smallest absolute Gasteiger partial charge is 0.0349 e. The lowest BCUT2D eigenvalue weighted by Crippen LogP contribution is -2.04. The molecule has 0 unspecified atom stereocenters. The van der Waals surface area contributed by atoms with Crippen LogP contribution < -0.4 is 5.73 Å². The molecule has 0 aliphatic heterocycles. The molecule has 1 nitrogen and oxygen atoms in total. The average Bonchev–Trinajstić information content (AvgIpc) is 2.27. The van der Waals surface area contributed by atoms with Crippen molar-refractivity contribution >= 4 is 18.1 Å². The predicted octanol–water partition coefficient (Wildman–Crippen LogP) is 4.55. The van der Waals surface area contributed by atoms with Gasteiger partial charge in [-0.05, 0) is 42.0 Å². The van der Waals surface area contributed by atoms with Gasteiger partial charge in [-0.15, -0.1) is 12.4 Å². The molecular weight excluding hydrogens is 230 g/mol. The summed E-state index contributed by atoms with van der Waals surface area (Å²) in [7, 11) is 0. The molecule has 0 aliphatic carbocycles. The van der Waals surface area contributed by atoms with Gasteiger partial charge in [0.25, 0.3) is 0 Å². The Labute approximate surface area is 112 Å². The first kappa shape index (κ1) is 16.3. The maximum Gasteiger partial charge on any atom is 0.0349 e. The number of hydrogen-bond donors (Lipinski definition) is 1. The molecule has 0 radical (unpaired) electrons. The molecule has 0 saturated carbocycles. The van der Waals surface area contributed by atoms with Crippen molar-refractivity contribution in [3.8, 4) is 0 Å². The lowest BCUT2D eigenvalue weighted by Gasteiger charge is -2.16. The molecule has 0 amide bonds. The number of nitrogens with two attached hydrogens (primary N) is 1. The van der Waals surface area contributed by atoms with Gasteiger partial charge in [-0.2, -0.15) is 0 Å². The second-order valence-electron chi connectivity index (χ2n) is 4.52. The van der Waals surface area contributed by atoms with E-state index in [1.54, 1.807) is 0 Å². The van der Waals surface area contributed by atoms with E-state index in [4.69, 9.17) is 5.73 Å². The standard InChI is InChI=1S/C15H25N.ClH/c1-4-7-12-10-11-15(16)14(9-6-3)13(12)8-5-2;/h10-11H,4-9,16H2,1-3H3;1H. The SMILES string of the molecule is CCCc1ccc(N)c(CCC)c1CCC.Cl.